The number of benzene rings is 1. The number of carboxylic acids is 1. The Bertz CT molecular complexity index is 747. The average Bonchev–Trinajstić information content (AvgIpc) is 2.58. The molecular formula is C19H25ClN2O6. The predicted molar refractivity (Wildman–Crippen MR) is 103 cm³/mol. The summed E-state index contributed by atoms with van der Waals surface area (Å²) in [5, 5.41) is 14.5. The molecule has 154 valence electrons. The summed E-state index contributed by atoms with van der Waals surface area (Å²) in [5.74, 6) is -4.00. The van der Waals surface area contributed by atoms with Gasteiger partial charge < -0.3 is 20.5 Å². The van der Waals surface area contributed by atoms with Crippen LogP contribution in [0.1, 0.15) is 40.2 Å². The molecule has 1 aromatic carbocycles. The Kier molecular flexibility index (Phi) is 7.99. The van der Waals surface area contributed by atoms with Crippen LogP contribution in [0.2, 0.25) is 5.02 Å². The first kappa shape index (κ1) is 23.4. The molecule has 2 atom stereocenters. The van der Waals surface area contributed by atoms with Gasteiger partial charge in [-0.1, -0.05) is 37.6 Å². The Morgan fingerprint density at radius 1 is 1.07 bits per heavy atom. The molecule has 28 heavy (non-hydrogen) atoms. The highest BCUT2D eigenvalue weighted by atomic mass is 35.5. The third-order valence-electron chi connectivity index (χ3n) is 4.01. The summed E-state index contributed by atoms with van der Waals surface area (Å²) < 4.78 is 4.99. The Hall–Kier alpha value is -2.61. The molecule has 9 heteroatoms. The summed E-state index contributed by atoms with van der Waals surface area (Å²) in [6.45, 7) is 7.99. The number of carbonyl (C=O) groups is 4. The third kappa shape index (κ3) is 5.95. The second kappa shape index (κ2) is 9.54. The standard InChI is InChI=1S/C19H25ClN2O6/c1-10(2)14(21-18(27)28-11(3)4)16(24)22-19(5,15(23)17(25)26)12-6-8-13(20)9-7-12/h6-11,14H,1-5H3,(H,21,27)(H,22,24)(H,25,26). The Balaban J connectivity index is 3.19. The van der Waals surface area contributed by atoms with Crippen molar-refractivity contribution in [3.63, 3.8) is 0 Å². The van der Waals surface area contributed by atoms with Crippen LogP contribution in [0, 0.1) is 5.92 Å². The van der Waals surface area contributed by atoms with Crippen molar-refractivity contribution in [1.82, 2.24) is 10.6 Å². The molecule has 0 aliphatic carbocycles. The zero-order valence-corrected chi connectivity index (χ0v) is 17.2. The monoisotopic (exact) mass is 412 g/mol. The number of amides is 2. The van der Waals surface area contributed by atoms with Crippen molar-refractivity contribution in [3.8, 4) is 0 Å². The van der Waals surface area contributed by atoms with E-state index >= 15 is 0 Å². The average molecular weight is 413 g/mol. The molecule has 1 rings (SSSR count). The van der Waals surface area contributed by atoms with Crippen molar-refractivity contribution in [3.05, 3.63) is 34.9 Å². The van der Waals surface area contributed by atoms with Gasteiger partial charge in [0.1, 0.15) is 11.6 Å². The van der Waals surface area contributed by atoms with Crippen LogP contribution in [-0.2, 0) is 24.7 Å². The highest BCUT2D eigenvalue weighted by Gasteiger charge is 2.42. The van der Waals surface area contributed by atoms with E-state index in [0.29, 0.717) is 5.02 Å². The van der Waals surface area contributed by atoms with E-state index < -0.39 is 35.3 Å². The molecule has 1 aromatic rings. The number of ether oxygens (including phenoxy) is 1. The Labute approximate surface area is 168 Å². The number of carboxylic acid groups (broad SMARTS) is 1. The second-order valence-electron chi connectivity index (χ2n) is 7.08. The van der Waals surface area contributed by atoms with E-state index in [1.807, 2.05) is 0 Å². The molecule has 2 amide bonds. The molecule has 0 aliphatic heterocycles. The number of halogens is 1. The summed E-state index contributed by atoms with van der Waals surface area (Å²) >= 11 is 5.85. The number of rotatable bonds is 8. The minimum absolute atomic E-state index is 0.241. The van der Waals surface area contributed by atoms with Gasteiger partial charge in [0.15, 0.2) is 0 Å². The third-order valence-corrected chi connectivity index (χ3v) is 4.26. The van der Waals surface area contributed by atoms with Crippen LogP contribution in [0.4, 0.5) is 4.79 Å². The van der Waals surface area contributed by atoms with Gasteiger partial charge in [-0.05, 0) is 44.4 Å². The SMILES string of the molecule is CC(C)OC(=O)NC(C(=O)NC(C)(C(=O)C(=O)O)c1ccc(Cl)cc1)C(C)C. The maximum absolute atomic E-state index is 12.8. The van der Waals surface area contributed by atoms with Gasteiger partial charge in [0.2, 0.25) is 5.91 Å². The number of carbonyl (C=O) groups excluding carboxylic acids is 3. The van der Waals surface area contributed by atoms with Crippen molar-refractivity contribution in [1.29, 1.82) is 0 Å². The molecule has 0 heterocycles. The Morgan fingerprint density at radius 3 is 2.04 bits per heavy atom. The molecule has 0 bridgehead atoms. The molecule has 2 unspecified atom stereocenters. The van der Waals surface area contributed by atoms with Crippen LogP contribution in [-0.4, -0.2) is 41.0 Å². The summed E-state index contributed by atoms with van der Waals surface area (Å²) in [5.41, 5.74) is -1.62. The minimum atomic E-state index is -1.86. The van der Waals surface area contributed by atoms with Crippen LogP contribution in [0.3, 0.4) is 0 Å². The normalized spacial score (nSPS) is 14.1. The van der Waals surface area contributed by atoms with Gasteiger partial charge in [0.25, 0.3) is 5.78 Å². The largest absolute Gasteiger partial charge is 0.475 e. The zero-order valence-electron chi connectivity index (χ0n) is 16.4. The maximum atomic E-state index is 12.8. The van der Waals surface area contributed by atoms with Crippen molar-refractivity contribution >= 4 is 35.4 Å². The Morgan fingerprint density at radius 2 is 1.61 bits per heavy atom. The van der Waals surface area contributed by atoms with Crippen LogP contribution in [0.5, 0.6) is 0 Å². The lowest BCUT2D eigenvalue weighted by Crippen LogP contribution is -2.58. The number of nitrogens with one attached hydrogen (secondary N) is 2. The number of hydrogen-bond acceptors (Lipinski definition) is 5. The molecule has 0 spiro atoms. The molecule has 0 saturated heterocycles. The predicted octanol–water partition coefficient (Wildman–Crippen LogP) is 2.48. The molecular weight excluding hydrogens is 388 g/mol. The highest BCUT2D eigenvalue weighted by molar-refractivity contribution is 6.36. The van der Waals surface area contributed by atoms with Crippen molar-refractivity contribution in [2.24, 2.45) is 5.92 Å². The van der Waals surface area contributed by atoms with E-state index in [1.165, 1.54) is 31.2 Å². The quantitative estimate of drug-likeness (QED) is 0.564. The molecule has 0 aliphatic rings. The smallest absolute Gasteiger partial charge is 0.408 e. The van der Waals surface area contributed by atoms with Gasteiger partial charge in [0.05, 0.1) is 6.10 Å². The fourth-order valence-corrected chi connectivity index (χ4v) is 2.62. The van der Waals surface area contributed by atoms with Crippen LogP contribution in [0.25, 0.3) is 0 Å². The van der Waals surface area contributed by atoms with E-state index in [0.717, 1.165) is 0 Å². The fourth-order valence-electron chi connectivity index (χ4n) is 2.49. The van der Waals surface area contributed by atoms with Gasteiger partial charge in [-0.2, -0.15) is 0 Å². The highest BCUT2D eigenvalue weighted by Crippen LogP contribution is 2.25. The lowest BCUT2D eigenvalue weighted by atomic mass is 9.86. The second-order valence-corrected chi connectivity index (χ2v) is 7.51. The number of ketones is 1. The van der Waals surface area contributed by atoms with Gasteiger partial charge in [-0.25, -0.2) is 9.59 Å². The van der Waals surface area contributed by atoms with Gasteiger partial charge in [-0.3, -0.25) is 9.59 Å². The molecule has 0 aromatic heterocycles. The van der Waals surface area contributed by atoms with Crippen LogP contribution in [0.15, 0.2) is 24.3 Å². The zero-order chi connectivity index (χ0) is 21.6. The number of alkyl carbamates (subject to hydrolysis) is 1. The molecule has 0 radical (unpaired) electrons. The van der Waals surface area contributed by atoms with E-state index in [-0.39, 0.29) is 17.6 Å². The number of aliphatic carboxylic acids is 1. The summed E-state index contributed by atoms with van der Waals surface area (Å²) in [7, 11) is 0. The summed E-state index contributed by atoms with van der Waals surface area (Å²) in [4.78, 5) is 48.5. The van der Waals surface area contributed by atoms with Crippen LogP contribution < -0.4 is 10.6 Å². The number of Topliss-reactive ketones (excluding diaryl/α,β-unsaturated/α-hetero) is 1. The number of hydrogen-bond donors (Lipinski definition) is 3. The van der Waals surface area contributed by atoms with Crippen LogP contribution >= 0.6 is 11.6 Å². The first-order chi connectivity index (χ1) is 12.9. The molecule has 8 nitrogen and oxygen atoms in total. The van der Waals surface area contributed by atoms with Gasteiger partial charge in [0, 0.05) is 5.02 Å². The summed E-state index contributed by atoms with van der Waals surface area (Å²) in [6.07, 6.45) is -1.18. The van der Waals surface area contributed by atoms with E-state index in [1.54, 1.807) is 27.7 Å². The molecule has 0 saturated carbocycles. The van der Waals surface area contributed by atoms with E-state index in [2.05, 4.69) is 10.6 Å². The van der Waals surface area contributed by atoms with Gasteiger partial charge >= 0.3 is 12.1 Å². The van der Waals surface area contributed by atoms with Crippen molar-refractivity contribution in [2.45, 2.75) is 52.3 Å². The first-order valence-electron chi connectivity index (χ1n) is 8.71. The topological polar surface area (TPSA) is 122 Å². The lowest BCUT2D eigenvalue weighted by Gasteiger charge is -2.31. The summed E-state index contributed by atoms with van der Waals surface area (Å²) in [6, 6.07) is 4.82. The van der Waals surface area contributed by atoms with Crippen molar-refractivity contribution in [2.75, 3.05) is 0 Å². The molecule has 0 fully saturated rings. The molecule has 3 N–H and O–H groups in total. The fraction of sp³-hybridized carbons (Fsp3) is 0.474. The first-order valence-corrected chi connectivity index (χ1v) is 9.09. The van der Waals surface area contributed by atoms with Gasteiger partial charge in [-0.15, -0.1) is 0 Å². The minimum Gasteiger partial charge on any atom is -0.475 e. The maximum Gasteiger partial charge on any atom is 0.408 e. The van der Waals surface area contributed by atoms with E-state index in [9.17, 15) is 24.3 Å². The van der Waals surface area contributed by atoms with E-state index in [4.69, 9.17) is 16.3 Å². The van der Waals surface area contributed by atoms with Crippen molar-refractivity contribution < 1.29 is 29.0 Å². The lowest BCUT2D eigenvalue weighted by molar-refractivity contribution is -0.153.